The first-order chi connectivity index (χ1) is 9.76. The highest BCUT2D eigenvalue weighted by Crippen LogP contribution is 2.28. The van der Waals surface area contributed by atoms with Gasteiger partial charge in [-0.25, -0.2) is 0 Å². The fraction of sp³-hybridized carbons (Fsp3) is 0.0625. The number of benzene rings is 2. The van der Waals surface area contributed by atoms with Crippen LogP contribution in [0.4, 0.5) is 0 Å². The molecule has 0 fully saturated rings. The second kappa shape index (κ2) is 5.49. The van der Waals surface area contributed by atoms with Crippen molar-refractivity contribution in [2.45, 2.75) is 6.54 Å². The van der Waals surface area contributed by atoms with Crippen molar-refractivity contribution in [3.63, 3.8) is 0 Å². The number of aromatic nitrogens is 1. The minimum absolute atomic E-state index is 0.416. The van der Waals surface area contributed by atoms with Crippen molar-refractivity contribution in [3.05, 3.63) is 65.3 Å². The van der Waals surface area contributed by atoms with Gasteiger partial charge in [0.15, 0.2) is 0 Å². The van der Waals surface area contributed by atoms with Crippen molar-refractivity contribution in [2.24, 2.45) is 5.73 Å². The molecule has 3 aromatic rings. The maximum Gasteiger partial charge on any atom is 0.129 e. The molecule has 2 N–H and O–H groups in total. The molecule has 0 atom stereocenters. The molecule has 2 aromatic carbocycles. The average molecular weight is 285 g/mol. The lowest BCUT2D eigenvalue weighted by Gasteiger charge is -2.08. The topological polar surface area (TPSA) is 48.1 Å². The Bertz CT molecular complexity index is 758. The molecule has 0 bridgehead atoms. The minimum Gasteiger partial charge on any atom is -0.457 e. The van der Waals surface area contributed by atoms with E-state index < -0.39 is 0 Å². The number of pyridine rings is 1. The molecule has 0 saturated heterocycles. The Morgan fingerprint density at radius 3 is 2.65 bits per heavy atom. The molecular weight excluding hydrogens is 272 g/mol. The number of hydrogen-bond donors (Lipinski definition) is 1. The minimum atomic E-state index is 0.416. The molecule has 20 heavy (non-hydrogen) atoms. The molecule has 100 valence electrons. The van der Waals surface area contributed by atoms with E-state index in [9.17, 15) is 0 Å². The van der Waals surface area contributed by atoms with Gasteiger partial charge in [0.25, 0.3) is 0 Å². The number of fused-ring (bicyclic) bond motifs is 1. The third-order valence-electron chi connectivity index (χ3n) is 3.06. The zero-order valence-corrected chi connectivity index (χ0v) is 11.5. The lowest BCUT2D eigenvalue weighted by molar-refractivity contribution is 0.483. The van der Waals surface area contributed by atoms with Gasteiger partial charge in [-0.05, 0) is 35.9 Å². The Balaban J connectivity index is 1.90. The second-order valence-electron chi connectivity index (χ2n) is 4.42. The molecule has 0 radical (unpaired) electrons. The Morgan fingerprint density at radius 2 is 1.85 bits per heavy atom. The van der Waals surface area contributed by atoms with Crippen LogP contribution in [0.5, 0.6) is 11.5 Å². The van der Waals surface area contributed by atoms with Gasteiger partial charge in [0.05, 0.1) is 5.52 Å². The maximum absolute atomic E-state index is 6.12. The third-order valence-corrected chi connectivity index (χ3v) is 3.41. The molecule has 1 heterocycles. The van der Waals surface area contributed by atoms with Crippen molar-refractivity contribution in [1.82, 2.24) is 4.98 Å². The first kappa shape index (κ1) is 12.9. The number of ether oxygens (including phenoxy) is 1. The van der Waals surface area contributed by atoms with Crippen LogP contribution in [0, 0.1) is 0 Å². The molecule has 4 heteroatoms. The quantitative estimate of drug-likeness (QED) is 0.786. The van der Waals surface area contributed by atoms with Gasteiger partial charge < -0.3 is 10.5 Å². The Hall–Kier alpha value is -2.10. The summed E-state index contributed by atoms with van der Waals surface area (Å²) in [6.07, 6.45) is 1.76. The molecule has 0 spiro atoms. The van der Waals surface area contributed by atoms with Crippen molar-refractivity contribution in [2.75, 3.05) is 0 Å². The van der Waals surface area contributed by atoms with E-state index in [4.69, 9.17) is 22.1 Å². The summed E-state index contributed by atoms with van der Waals surface area (Å²) in [6, 6.07) is 15.2. The first-order valence-electron chi connectivity index (χ1n) is 6.27. The first-order valence-corrected chi connectivity index (χ1v) is 6.65. The van der Waals surface area contributed by atoms with Gasteiger partial charge in [-0.3, -0.25) is 4.98 Å². The van der Waals surface area contributed by atoms with Gasteiger partial charge >= 0.3 is 0 Å². The van der Waals surface area contributed by atoms with E-state index in [0.717, 1.165) is 22.2 Å². The number of halogens is 1. The molecule has 0 aliphatic heterocycles. The van der Waals surface area contributed by atoms with Crippen molar-refractivity contribution < 1.29 is 4.74 Å². The van der Waals surface area contributed by atoms with E-state index in [-0.39, 0.29) is 0 Å². The van der Waals surface area contributed by atoms with Gasteiger partial charge in [0, 0.05) is 29.2 Å². The van der Waals surface area contributed by atoms with Crippen molar-refractivity contribution >= 4 is 22.5 Å². The van der Waals surface area contributed by atoms with Gasteiger partial charge in [0.1, 0.15) is 11.5 Å². The Morgan fingerprint density at radius 1 is 1.05 bits per heavy atom. The van der Waals surface area contributed by atoms with Crippen LogP contribution in [-0.4, -0.2) is 4.98 Å². The van der Waals surface area contributed by atoms with E-state index in [1.807, 2.05) is 42.5 Å². The summed E-state index contributed by atoms with van der Waals surface area (Å²) in [5, 5.41) is 1.69. The van der Waals surface area contributed by atoms with Crippen molar-refractivity contribution in [1.29, 1.82) is 0 Å². The van der Waals surface area contributed by atoms with Crippen molar-refractivity contribution in [3.8, 4) is 11.5 Å². The number of nitrogens with zero attached hydrogens (tertiary/aromatic N) is 1. The Labute approximate surface area is 122 Å². The molecule has 0 unspecified atom stereocenters. The largest absolute Gasteiger partial charge is 0.457 e. The average Bonchev–Trinajstić information content (AvgIpc) is 2.47. The summed E-state index contributed by atoms with van der Waals surface area (Å²) in [4.78, 5) is 4.31. The summed E-state index contributed by atoms with van der Waals surface area (Å²) in [5.41, 5.74) is 7.38. The second-order valence-corrected chi connectivity index (χ2v) is 4.82. The van der Waals surface area contributed by atoms with Crippen LogP contribution in [0.3, 0.4) is 0 Å². The molecule has 0 saturated carbocycles. The SMILES string of the molecule is NCc1ccc(Oc2ccc3cccnc3c2)cc1Cl. The summed E-state index contributed by atoms with van der Waals surface area (Å²) < 4.78 is 5.80. The number of nitrogens with two attached hydrogens (primary N) is 1. The fourth-order valence-electron chi connectivity index (χ4n) is 2.00. The van der Waals surface area contributed by atoms with Gasteiger partial charge in [-0.2, -0.15) is 0 Å². The zero-order valence-electron chi connectivity index (χ0n) is 10.7. The molecule has 1 aromatic heterocycles. The van der Waals surface area contributed by atoms with Gasteiger partial charge in [-0.1, -0.05) is 23.7 Å². The van der Waals surface area contributed by atoms with Crippen LogP contribution < -0.4 is 10.5 Å². The summed E-state index contributed by atoms with van der Waals surface area (Å²) >= 11 is 6.12. The van der Waals surface area contributed by atoms with E-state index >= 15 is 0 Å². The summed E-state index contributed by atoms with van der Waals surface area (Å²) in [6.45, 7) is 0.416. The molecule has 0 aliphatic rings. The predicted molar refractivity (Wildman–Crippen MR) is 81.2 cm³/mol. The monoisotopic (exact) mass is 284 g/mol. The standard InChI is InChI=1S/C16H13ClN2O/c17-15-8-13(6-4-12(15)10-18)20-14-5-3-11-2-1-7-19-16(11)9-14/h1-9H,10,18H2. The lowest BCUT2D eigenvalue weighted by Crippen LogP contribution is -1.97. The van der Waals surface area contributed by atoms with Crippen LogP contribution in [0.2, 0.25) is 5.02 Å². The Kier molecular flexibility index (Phi) is 3.54. The molecule has 0 aliphatic carbocycles. The summed E-state index contributed by atoms with van der Waals surface area (Å²) in [7, 11) is 0. The van der Waals surface area contributed by atoms with Gasteiger partial charge in [0.2, 0.25) is 0 Å². The van der Waals surface area contributed by atoms with E-state index in [0.29, 0.717) is 17.3 Å². The highest BCUT2D eigenvalue weighted by molar-refractivity contribution is 6.31. The predicted octanol–water partition coefficient (Wildman–Crippen LogP) is 4.14. The smallest absolute Gasteiger partial charge is 0.129 e. The highest BCUT2D eigenvalue weighted by atomic mass is 35.5. The zero-order chi connectivity index (χ0) is 13.9. The van der Waals surface area contributed by atoms with Crippen LogP contribution in [-0.2, 0) is 6.54 Å². The third kappa shape index (κ3) is 2.59. The molecule has 3 nitrogen and oxygen atoms in total. The fourth-order valence-corrected chi connectivity index (χ4v) is 2.25. The summed E-state index contributed by atoms with van der Waals surface area (Å²) in [5.74, 6) is 1.41. The molecule has 3 rings (SSSR count). The molecular formula is C16H13ClN2O. The highest BCUT2D eigenvalue weighted by Gasteiger charge is 2.03. The normalized spacial score (nSPS) is 10.7. The van der Waals surface area contributed by atoms with E-state index in [1.165, 1.54) is 0 Å². The van der Waals surface area contributed by atoms with Crippen LogP contribution in [0.1, 0.15) is 5.56 Å². The van der Waals surface area contributed by atoms with E-state index in [1.54, 1.807) is 12.3 Å². The van der Waals surface area contributed by atoms with Crippen LogP contribution in [0.15, 0.2) is 54.7 Å². The van der Waals surface area contributed by atoms with Gasteiger partial charge in [-0.15, -0.1) is 0 Å². The molecule has 0 amide bonds. The van der Waals surface area contributed by atoms with Crippen LogP contribution >= 0.6 is 11.6 Å². The van der Waals surface area contributed by atoms with Crippen LogP contribution in [0.25, 0.3) is 10.9 Å². The number of hydrogen-bond acceptors (Lipinski definition) is 3. The number of rotatable bonds is 3. The lowest BCUT2D eigenvalue weighted by atomic mass is 10.2. The maximum atomic E-state index is 6.12. The van der Waals surface area contributed by atoms with E-state index in [2.05, 4.69) is 4.98 Å².